The smallest absolute Gasteiger partial charge is 0.350 e. The lowest BCUT2D eigenvalue weighted by atomic mass is 10.2. The third kappa shape index (κ3) is 3.13. The molecule has 0 amide bonds. The Bertz CT molecular complexity index is 589. The normalized spacial score (nSPS) is 16.9. The number of carbonyl (C=O) groups excluding carboxylic acids is 1. The van der Waals surface area contributed by atoms with Crippen molar-refractivity contribution in [3.63, 3.8) is 0 Å². The van der Waals surface area contributed by atoms with E-state index in [1.165, 1.54) is 22.8 Å². The second kappa shape index (κ2) is 6.11. The van der Waals surface area contributed by atoms with E-state index >= 15 is 0 Å². The Hall–Kier alpha value is -1.12. The van der Waals surface area contributed by atoms with Gasteiger partial charge in [-0.15, -0.1) is 11.3 Å². The summed E-state index contributed by atoms with van der Waals surface area (Å²) in [4.78, 5) is 11.9. The fourth-order valence-electron chi connectivity index (χ4n) is 2.11. The van der Waals surface area contributed by atoms with Gasteiger partial charge in [0.05, 0.1) is 12.8 Å². The molecule has 1 aromatic heterocycles. The molecule has 1 aromatic rings. The van der Waals surface area contributed by atoms with Crippen molar-refractivity contribution >= 4 is 33.2 Å². The molecule has 8 heteroatoms. The molecule has 0 spiro atoms. The van der Waals surface area contributed by atoms with Gasteiger partial charge in [-0.1, -0.05) is 6.42 Å². The maximum Gasteiger partial charge on any atom is 0.350 e. The van der Waals surface area contributed by atoms with E-state index in [9.17, 15) is 13.2 Å². The minimum absolute atomic E-state index is 0.283. The Kier molecular flexibility index (Phi) is 4.66. The highest BCUT2D eigenvalue weighted by atomic mass is 32.2. The zero-order valence-electron chi connectivity index (χ0n) is 11.5. The highest BCUT2D eigenvalue weighted by Gasteiger charge is 2.27. The summed E-state index contributed by atoms with van der Waals surface area (Å²) in [6.07, 6.45) is 2.79. The minimum atomic E-state index is -3.61. The molecule has 1 saturated heterocycles. The molecule has 1 aliphatic rings. The summed E-state index contributed by atoms with van der Waals surface area (Å²) in [5.41, 5.74) is 1.04. The average Bonchev–Trinajstić information content (AvgIpc) is 2.80. The Labute approximate surface area is 122 Å². The molecule has 2 heterocycles. The number of anilines is 1. The molecule has 0 atom stereocenters. The van der Waals surface area contributed by atoms with Gasteiger partial charge < -0.3 is 4.74 Å². The van der Waals surface area contributed by atoms with Crippen LogP contribution in [0.15, 0.2) is 5.38 Å². The number of ether oxygens (including phenoxy) is 1. The van der Waals surface area contributed by atoms with Crippen LogP contribution >= 0.6 is 11.3 Å². The summed E-state index contributed by atoms with van der Waals surface area (Å²) >= 11 is 1.18. The molecule has 20 heavy (non-hydrogen) atoms. The summed E-state index contributed by atoms with van der Waals surface area (Å²) < 4.78 is 33.3. The van der Waals surface area contributed by atoms with Gasteiger partial charge in [-0.3, -0.25) is 4.72 Å². The lowest BCUT2D eigenvalue weighted by Crippen LogP contribution is -2.39. The number of hydrogen-bond donors (Lipinski definition) is 1. The topological polar surface area (TPSA) is 75.7 Å². The Morgan fingerprint density at radius 3 is 2.60 bits per heavy atom. The zero-order chi connectivity index (χ0) is 14.8. The quantitative estimate of drug-likeness (QED) is 0.861. The predicted molar refractivity (Wildman–Crippen MR) is 78.4 cm³/mol. The molecule has 0 radical (unpaired) electrons. The first-order valence-electron chi connectivity index (χ1n) is 6.40. The number of hydrogen-bond acceptors (Lipinski definition) is 5. The van der Waals surface area contributed by atoms with E-state index < -0.39 is 16.2 Å². The first-order valence-corrected chi connectivity index (χ1v) is 8.72. The summed E-state index contributed by atoms with van der Waals surface area (Å²) in [6, 6.07) is 0. The summed E-state index contributed by atoms with van der Waals surface area (Å²) in [5, 5.41) is 1.74. The van der Waals surface area contributed by atoms with Gasteiger partial charge in [0.15, 0.2) is 0 Å². The van der Waals surface area contributed by atoms with E-state index in [1.54, 1.807) is 12.3 Å². The van der Waals surface area contributed by atoms with Crippen molar-refractivity contribution in [2.24, 2.45) is 0 Å². The minimum Gasteiger partial charge on any atom is -0.465 e. The third-order valence-corrected chi connectivity index (χ3v) is 5.82. The van der Waals surface area contributed by atoms with Crippen LogP contribution in [0.2, 0.25) is 0 Å². The number of aryl methyl sites for hydroxylation is 1. The molecule has 0 unspecified atom stereocenters. The van der Waals surface area contributed by atoms with Crippen molar-refractivity contribution in [1.82, 2.24) is 4.31 Å². The van der Waals surface area contributed by atoms with Crippen LogP contribution in [0.5, 0.6) is 0 Å². The molecule has 112 valence electrons. The monoisotopic (exact) mass is 318 g/mol. The van der Waals surface area contributed by atoms with E-state index in [0.717, 1.165) is 24.8 Å². The molecule has 0 aliphatic carbocycles. The molecular weight excluding hydrogens is 300 g/mol. The second-order valence-electron chi connectivity index (χ2n) is 4.68. The molecule has 0 bridgehead atoms. The van der Waals surface area contributed by atoms with Gasteiger partial charge in [0.1, 0.15) is 4.88 Å². The summed E-state index contributed by atoms with van der Waals surface area (Å²) in [7, 11) is -2.33. The first kappa shape index (κ1) is 15.3. The number of thiophene rings is 1. The Morgan fingerprint density at radius 2 is 2.00 bits per heavy atom. The molecule has 6 nitrogen and oxygen atoms in total. The number of carbonyl (C=O) groups is 1. The number of nitrogens with one attached hydrogen (secondary N) is 1. The molecule has 0 saturated carbocycles. The number of esters is 1. The van der Waals surface area contributed by atoms with Crippen LogP contribution in [0.3, 0.4) is 0 Å². The molecule has 0 aromatic carbocycles. The van der Waals surface area contributed by atoms with Crippen LogP contribution in [0, 0.1) is 6.92 Å². The second-order valence-corrected chi connectivity index (χ2v) is 7.23. The van der Waals surface area contributed by atoms with Crippen molar-refractivity contribution in [2.75, 3.05) is 24.9 Å². The van der Waals surface area contributed by atoms with Gasteiger partial charge in [-0.25, -0.2) is 4.79 Å². The van der Waals surface area contributed by atoms with Crippen molar-refractivity contribution in [2.45, 2.75) is 26.2 Å². The van der Waals surface area contributed by atoms with Crippen molar-refractivity contribution in [1.29, 1.82) is 0 Å². The highest BCUT2D eigenvalue weighted by Crippen LogP contribution is 2.30. The van der Waals surface area contributed by atoms with E-state index in [4.69, 9.17) is 0 Å². The average molecular weight is 318 g/mol. The molecule has 1 aliphatic heterocycles. The standard InChI is InChI=1S/C12H18N2O4S2/c1-9-8-19-11(12(15)18-2)10(9)13-20(16,17)14-6-4-3-5-7-14/h8,13H,3-7H2,1-2H3. The van der Waals surface area contributed by atoms with Crippen LogP contribution in [0.25, 0.3) is 0 Å². The molecule has 1 fully saturated rings. The fourth-order valence-corrected chi connectivity index (χ4v) is 4.49. The SMILES string of the molecule is COC(=O)c1scc(C)c1NS(=O)(=O)N1CCCCC1. The van der Waals surface area contributed by atoms with Gasteiger partial charge in [0, 0.05) is 13.1 Å². The van der Waals surface area contributed by atoms with Crippen LogP contribution in [-0.4, -0.2) is 38.9 Å². The van der Waals surface area contributed by atoms with Gasteiger partial charge >= 0.3 is 16.2 Å². The van der Waals surface area contributed by atoms with Crippen LogP contribution < -0.4 is 4.72 Å². The highest BCUT2D eigenvalue weighted by molar-refractivity contribution is 7.90. The van der Waals surface area contributed by atoms with Gasteiger partial charge in [-0.05, 0) is 30.7 Å². The summed E-state index contributed by atoms with van der Waals surface area (Å²) in [6.45, 7) is 2.80. The van der Waals surface area contributed by atoms with Crippen molar-refractivity contribution < 1.29 is 17.9 Å². The Morgan fingerprint density at radius 1 is 1.35 bits per heavy atom. The van der Waals surface area contributed by atoms with Crippen LogP contribution in [0.1, 0.15) is 34.5 Å². The summed E-state index contributed by atoms with van der Waals surface area (Å²) in [5.74, 6) is -0.528. The van der Waals surface area contributed by atoms with Crippen molar-refractivity contribution in [3.8, 4) is 0 Å². The van der Waals surface area contributed by atoms with Crippen LogP contribution in [-0.2, 0) is 14.9 Å². The van der Waals surface area contributed by atoms with Gasteiger partial charge in [0.2, 0.25) is 0 Å². The Balaban J connectivity index is 2.24. The maximum atomic E-state index is 12.3. The van der Waals surface area contributed by atoms with E-state index in [2.05, 4.69) is 9.46 Å². The lowest BCUT2D eigenvalue weighted by Gasteiger charge is -2.26. The first-order chi connectivity index (χ1) is 9.45. The van der Waals surface area contributed by atoms with Crippen molar-refractivity contribution in [3.05, 3.63) is 15.8 Å². The fraction of sp³-hybridized carbons (Fsp3) is 0.583. The number of methoxy groups -OCH3 is 1. The molecule has 1 N–H and O–H groups in total. The molecule has 2 rings (SSSR count). The number of piperidine rings is 1. The maximum absolute atomic E-state index is 12.3. The number of nitrogens with zero attached hydrogens (tertiary/aromatic N) is 1. The van der Waals surface area contributed by atoms with Gasteiger partial charge in [0.25, 0.3) is 0 Å². The van der Waals surface area contributed by atoms with Gasteiger partial charge in [-0.2, -0.15) is 12.7 Å². The van der Waals surface area contributed by atoms with E-state index in [-0.39, 0.29) is 4.88 Å². The number of rotatable bonds is 4. The zero-order valence-corrected chi connectivity index (χ0v) is 13.1. The van der Waals surface area contributed by atoms with E-state index in [0.29, 0.717) is 18.8 Å². The van der Waals surface area contributed by atoms with E-state index in [1.807, 2.05) is 0 Å². The van der Waals surface area contributed by atoms with Crippen LogP contribution in [0.4, 0.5) is 5.69 Å². The largest absolute Gasteiger partial charge is 0.465 e. The third-order valence-electron chi connectivity index (χ3n) is 3.23. The lowest BCUT2D eigenvalue weighted by molar-refractivity contribution is 0.0607. The molecular formula is C12H18N2O4S2. The predicted octanol–water partition coefficient (Wildman–Crippen LogP) is 1.99.